The first-order chi connectivity index (χ1) is 8.72. The predicted molar refractivity (Wildman–Crippen MR) is 71.0 cm³/mol. The molecule has 1 saturated heterocycles. The van der Waals surface area contributed by atoms with E-state index in [-0.39, 0.29) is 0 Å². The maximum absolute atomic E-state index is 11.0. The van der Waals surface area contributed by atoms with E-state index in [4.69, 9.17) is 5.11 Å². The second kappa shape index (κ2) is 4.90. The molecule has 1 amide bonds. The average molecular weight is 266 g/mol. The van der Waals surface area contributed by atoms with E-state index in [0.717, 1.165) is 13.0 Å². The van der Waals surface area contributed by atoms with Gasteiger partial charge in [-0.3, -0.25) is 4.90 Å². The molecular formula is C13H18N2O2S. The number of hydrogen-bond donors (Lipinski definition) is 1. The number of carboxylic acid groups (broad SMARTS) is 1. The van der Waals surface area contributed by atoms with E-state index in [2.05, 4.69) is 11.0 Å². The smallest absolute Gasteiger partial charge is 0.407 e. The van der Waals surface area contributed by atoms with Crippen LogP contribution >= 0.6 is 11.3 Å². The van der Waals surface area contributed by atoms with Crippen molar-refractivity contribution >= 4 is 17.4 Å². The number of fused-ring (bicyclic) bond motifs is 1. The standard InChI is InChI=1S/C13H18N2O2S/c16-13(17)15-6-3-12-10(8-15)7-11(18-12)9-14-4-1-2-5-14/h7H,1-6,8-9H2,(H,16,17). The number of rotatable bonds is 2. The summed E-state index contributed by atoms with van der Waals surface area (Å²) in [7, 11) is 0. The van der Waals surface area contributed by atoms with Crippen LogP contribution in [0.25, 0.3) is 0 Å². The number of carbonyl (C=O) groups is 1. The van der Waals surface area contributed by atoms with Crippen LogP contribution in [-0.2, 0) is 19.5 Å². The van der Waals surface area contributed by atoms with Crippen LogP contribution in [0, 0.1) is 0 Å². The molecule has 0 radical (unpaired) electrons. The predicted octanol–water partition coefficient (Wildman–Crippen LogP) is 2.38. The molecule has 5 heteroatoms. The van der Waals surface area contributed by atoms with Gasteiger partial charge in [-0.15, -0.1) is 11.3 Å². The summed E-state index contributed by atoms with van der Waals surface area (Å²) in [5.41, 5.74) is 1.22. The molecule has 0 atom stereocenters. The molecular weight excluding hydrogens is 248 g/mol. The minimum absolute atomic E-state index is 0.571. The van der Waals surface area contributed by atoms with Crippen LogP contribution < -0.4 is 0 Å². The Labute approximate surface area is 111 Å². The molecule has 0 aliphatic carbocycles. The molecule has 1 aromatic rings. The van der Waals surface area contributed by atoms with Crippen molar-refractivity contribution in [3.8, 4) is 0 Å². The van der Waals surface area contributed by atoms with E-state index in [0.29, 0.717) is 13.1 Å². The maximum Gasteiger partial charge on any atom is 0.407 e. The summed E-state index contributed by atoms with van der Waals surface area (Å²) >= 11 is 1.87. The van der Waals surface area contributed by atoms with Gasteiger partial charge in [-0.1, -0.05) is 0 Å². The van der Waals surface area contributed by atoms with Gasteiger partial charge in [0.1, 0.15) is 0 Å². The van der Waals surface area contributed by atoms with Gasteiger partial charge in [0, 0.05) is 22.8 Å². The van der Waals surface area contributed by atoms with Gasteiger partial charge in [-0.25, -0.2) is 4.79 Å². The third-order valence-electron chi connectivity index (χ3n) is 3.77. The lowest BCUT2D eigenvalue weighted by atomic mass is 10.1. The second-order valence-corrected chi connectivity index (χ2v) is 6.32. The van der Waals surface area contributed by atoms with Gasteiger partial charge in [0.2, 0.25) is 0 Å². The number of amides is 1. The van der Waals surface area contributed by atoms with Crippen molar-refractivity contribution in [1.29, 1.82) is 0 Å². The van der Waals surface area contributed by atoms with Crippen molar-refractivity contribution in [2.45, 2.75) is 32.4 Å². The van der Waals surface area contributed by atoms with E-state index in [1.54, 1.807) is 0 Å². The van der Waals surface area contributed by atoms with Gasteiger partial charge in [0.25, 0.3) is 0 Å². The van der Waals surface area contributed by atoms with Crippen molar-refractivity contribution < 1.29 is 9.90 Å². The summed E-state index contributed by atoms with van der Waals surface area (Å²) in [4.78, 5) is 17.8. The molecule has 98 valence electrons. The highest BCUT2D eigenvalue weighted by molar-refractivity contribution is 7.12. The van der Waals surface area contributed by atoms with E-state index in [9.17, 15) is 4.79 Å². The Morgan fingerprint density at radius 2 is 2.11 bits per heavy atom. The highest BCUT2D eigenvalue weighted by atomic mass is 32.1. The SMILES string of the molecule is O=C(O)N1CCc2sc(CN3CCCC3)cc2C1. The summed E-state index contributed by atoms with van der Waals surface area (Å²) in [6, 6.07) is 2.22. The third kappa shape index (κ3) is 2.37. The fourth-order valence-electron chi connectivity index (χ4n) is 2.80. The fraction of sp³-hybridized carbons (Fsp3) is 0.615. The lowest BCUT2D eigenvalue weighted by Gasteiger charge is -2.23. The molecule has 1 N–H and O–H groups in total. The summed E-state index contributed by atoms with van der Waals surface area (Å²) in [6.45, 7) is 4.69. The molecule has 1 aromatic heterocycles. The first kappa shape index (κ1) is 12.0. The minimum atomic E-state index is -0.798. The van der Waals surface area contributed by atoms with E-state index in [1.807, 2.05) is 11.3 Å². The Bertz CT molecular complexity index is 452. The van der Waals surface area contributed by atoms with Gasteiger partial charge in [-0.2, -0.15) is 0 Å². The average Bonchev–Trinajstić information content (AvgIpc) is 2.96. The van der Waals surface area contributed by atoms with Gasteiger partial charge >= 0.3 is 6.09 Å². The number of thiophene rings is 1. The Balaban J connectivity index is 1.70. The molecule has 3 heterocycles. The number of likely N-dealkylation sites (tertiary alicyclic amines) is 1. The molecule has 0 unspecified atom stereocenters. The van der Waals surface area contributed by atoms with Crippen molar-refractivity contribution in [1.82, 2.24) is 9.80 Å². The largest absolute Gasteiger partial charge is 0.465 e. The minimum Gasteiger partial charge on any atom is -0.465 e. The molecule has 0 spiro atoms. The zero-order chi connectivity index (χ0) is 12.5. The molecule has 2 aliphatic rings. The Kier molecular flexibility index (Phi) is 3.26. The Hall–Kier alpha value is -1.07. The van der Waals surface area contributed by atoms with Crippen LogP contribution in [0.2, 0.25) is 0 Å². The van der Waals surface area contributed by atoms with Gasteiger partial charge in [0.15, 0.2) is 0 Å². The quantitative estimate of drug-likeness (QED) is 0.894. The molecule has 1 fully saturated rings. The van der Waals surface area contributed by atoms with Gasteiger partial charge in [0.05, 0.1) is 6.54 Å². The van der Waals surface area contributed by atoms with Crippen LogP contribution in [0.1, 0.15) is 28.2 Å². The summed E-state index contributed by atoms with van der Waals surface area (Å²) in [5, 5.41) is 9.02. The maximum atomic E-state index is 11.0. The normalized spacial score (nSPS) is 20.1. The second-order valence-electron chi connectivity index (χ2n) is 5.10. The lowest BCUT2D eigenvalue weighted by molar-refractivity contribution is 0.140. The first-order valence-corrected chi connectivity index (χ1v) is 7.35. The molecule has 4 nitrogen and oxygen atoms in total. The van der Waals surface area contributed by atoms with Crippen LogP contribution in [0.15, 0.2) is 6.07 Å². The molecule has 3 rings (SSSR count). The zero-order valence-electron chi connectivity index (χ0n) is 10.4. The third-order valence-corrected chi connectivity index (χ3v) is 4.99. The number of nitrogens with zero attached hydrogens (tertiary/aromatic N) is 2. The zero-order valence-corrected chi connectivity index (χ0v) is 11.2. The summed E-state index contributed by atoms with van der Waals surface area (Å²) in [6.07, 6.45) is 2.72. The van der Waals surface area contributed by atoms with Gasteiger partial charge < -0.3 is 10.0 Å². The topological polar surface area (TPSA) is 43.8 Å². The van der Waals surface area contributed by atoms with E-state index in [1.165, 1.54) is 46.1 Å². The van der Waals surface area contributed by atoms with Crippen molar-refractivity contribution in [3.63, 3.8) is 0 Å². The molecule has 0 saturated carbocycles. The Morgan fingerprint density at radius 1 is 1.33 bits per heavy atom. The molecule has 0 bridgehead atoms. The van der Waals surface area contributed by atoms with Crippen LogP contribution in [0.5, 0.6) is 0 Å². The van der Waals surface area contributed by atoms with Crippen molar-refractivity contribution in [3.05, 3.63) is 21.4 Å². The molecule has 0 aromatic carbocycles. The monoisotopic (exact) mass is 266 g/mol. The van der Waals surface area contributed by atoms with Crippen molar-refractivity contribution in [2.75, 3.05) is 19.6 Å². The molecule has 2 aliphatic heterocycles. The van der Waals surface area contributed by atoms with Crippen LogP contribution in [-0.4, -0.2) is 40.6 Å². The summed E-state index contributed by atoms with van der Waals surface area (Å²) < 4.78 is 0. The van der Waals surface area contributed by atoms with Crippen molar-refractivity contribution in [2.24, 2.45) is 0 Å². The van der Waals surface area contributed by atoms with Gasteiger partial charge in [-0.05, 0) is 44.0 Å². The van der Waals surface area contributed by atoms with Crippen LogP contribution in [0.3, 0.4) is 0 Å². The highest BCUT2D eigenvalue weighted by Gasteiger charge is 2.23. The fourth-order valence-corrected chi connectivity index (χ4v) is 4.01. The highest BCUT2D eigenvalue weighted by Crippen LogP contribution is 2.29. The lowest BCUT2D eigenvalue weighted by Crippen LogP contribution is -2.33. The van der Waals surface area contributed by atoms with E-state index >= 15 is 0 Å². The Morgan fingerprint density at radius 3 is 2.83 bits per heavy atom. The summed E-state index contributed by atoms with van der Waals surface area (Å²) in [5.74, 6) is 0. The van der Waals surface area contributed by atoms with E-state index < -0.39 is 6.09 Å². The van der Waals surface area contributed by atoms with Crippen LogP contribution in [0.4, 0.5) is 4.79 Å². The first-order valence-electron chi connectivity index (χ1n) is 6.53. The number of hydrogen-bond acceptors (Lipinski definition) is 3. The molecule has 18 heavy (non-hydrogen) atoms.